The highest BCUT2D eigenvalue weighted by Gasteiger charge is 2.10. The first-order valence-electron chi connectivity index (χ1n) is 17.5. The van der Waals surface area contributed by atoms with Gasteiger partial charge in [0.05, 0.1) is 0 Å². The van der Waals surface area contributed by atoms with Crippen molar-refractivity contribution in [3.63, 3.8) is 0 Å². The lowest BCUT2D eigenvalue weighted by Crippen LogP contribution is -2.35. The third-order valence-corrected chi connectivity index (χ3v) is 9.20. The fraction of sp³-hybridized carbons (Fsp3) is 0.273. The van der Waals surface area contributed by atoms with E-state index in [1.165, 1.54) is 55.9 Å². The van der Waals surface area contributed by atoms with Gasteiger partial charge in [0.15, 0.2) is 37.9 Å². The summed E-state index contributed by atoms with van der Waals surface area (Å²) in [6.45, 7) is 19.0. The van der Waals surface area contributed by atoms with Gasteiger partial charge in [-0.3, -0.25) is 0 Å². The summed E-state index contributed by atoms with van der Waals surface area (Å²) in [5.41, 5.74) is 12.6. The molecule has 0 N–H and O–H groups in total. The molecule has 2 aromatic heterocycles. The molecule has 0 amide bonds. The second kappa shape index (κ2) is 16.7. The van der Waals surface area contributed by atoms with Crippen molar-refractivity contribution in [1.82, 2.24) is 0 Å². The van der Waals surface area contributed by atoms with Crippen molar-refractivity contribution in [3.8, 4) is 0 Å². The smallest absolute Gasteiger partial charge is 0.173 e. The molecule has 0 aliphatic rings. The molecule has 246 valence electrons. The van der Waals surface area contributed by atoms with Crippen LogP contribution in [0.1, 0.15) is 72.2 Å². The second-order valence-corrected chi connectivity index (χ2v) is 12.5. The van der Waals surface area contributed by atoms with Gasteiger partial charge in [0.1, 0.15) is 0 Å². The predicted octanol–water partition coefficient (Wildman–Crippen LogP) is 9.01. The molecule has 0 radical (unpaired) electrons. The van der Waals surface area contributed by atoms with Crippen LogP contribution in [0.5, 0.6) is 0 Å². The highest BCUT2D eigenvalue weighted by molar-refractivity contribution is 5.72. The molecule has 5 rings (SSSR count). The van der Waals surface area contributed by atoms with Crippen molar-refractivity contribution in [2.75, 3.05) is 36.0 Å². The van der Waals surface area contributed by atoms with E-state index in [4.69, 9.17) is 0 Å². The van der Waals surface area contributed by atoms with Crippen molar-refractivity contribution >= 4 is 35.7 Å². The molecule has 3 aromatic carbocycles. The number of aromatic nitrogens is 2. The number of rotatable bonds is 14. The van der Waals surface area contributed by atoms with Gasteiger partial charge in [-0.2, -0.15) is 0 Å². The molecule has 0 fully saturated rings. The summed E-state index contributed by atoms with van der Waals surface area (Å²) in [7, 11) is 0. The Morgan fingerprint density at radius 1 is 0.500 bits per heavy atom. The Morgan fingerprint density at radius 2 is 0.896 bits per heavy atom. The highest BCUT2D eigenvalue weighted by Crippen LogP contribution is 2.19. The number of aryl methyl sites for hydroxylation is 2. The average Bonchev–Trinajstić information content (AvgIpc) is 3.10. The van der Waals surface area contributed by atoms with E-state index >= 15 is 0 Å². The van der Waals surface area contributed by atoms with Crippen molar-refractivity contribution in [2.45, 2.75) is 54.6 Å². The minimum Gasteiger partial charge on any atom is -0.372 e. The third kappa shape index (κ3) is 9.10. The van der Waals surface area contributed by atoms with E-state index in [2.05, 4.69) is 194 Å². The van der Waals surface area contributed by atoms with Crippen molar-refractivity contribution < 1.29 is 9.13 Å². The molecule has 0 saturated heterocycles. The van der Waals surface area contributed by atoms with Crippen LogP contribution in [0.3, 0.4) is 0 Å². The van der Waals surface area contributed by atoms with E-state index in [1.807, 2.05) is 0 Å². The van der Waals surface area contributed by atoms with Gasteiger partial charge in [0.25, 0.3) is 0 Å². The molecule has 48 heavy (non-hydrogen) atoms. The van der Waals surface area contributed by atoms with Gasteiger partial charge in [-0.25, -0.2) is 9.13 Å². The quantitative estimate of drug-likeness (QED) is 0.113. The zero-order valence-electron chi connectivity index (χ0n) is 29.7. The number of nitrogens with zero attached hydrogens (tertiary/aromatic N) is 4. The SMILES string of the molecule is CCN(CC)c1ccc(/C=C/c2cc[n+](Cc3cccc(C[n+]4ccc(/C=C/c5ccc(N(CC)CC)cc5)c(C)c4)c3)cc2C)cc1. The first kappa shape index (κ1) is 34.4. The van der Waals surface area contributed by atoms with E-state index in [0.29, 0.717) is 0 Å². The van der Waals surface area contributed by atoms with Gasteiger partial charge >= 0.3 is 0 Å². The van der Waals surface area contributed by atoms with E-state index in [1.54, 1.807) is 0 Å². The van der Waals surface area contributed by atoms with Crippen LogP contribution in [-0.4, -0.2) is 26.2 Å². The number of anilines is 2. The summed E-state index contributed by atoms with van der Waals surface area (Å²) in [6.07, 6.45) is 17.7. The second-order valence-electron chi connectivity index (χ2n) is 12.5. The van der Waals surface area contributed by atoms with Crippen LogP contribution in [0.2, 0.25) is 0 Å². The lowest BCUT2D eigenvalue weighted by molar-refractivity contribution is -0.689. The summed E-state index contributed by atoms with van der Waals surface area (Å²) >= 11 is 0. The first-order chi connectivity index (χ1) is 23.4. The minimum absolute atomic E-state index is 0.842. The zero-order chi connectivity index (χ0) is 33.9. The molecule has 2 heterocycles. The van der Waals surface area contributed by atoms with E-state index in [9.17, 15) is 0 Å². The van der Waals surface area contributed by atoms with Crippen molar-refractivity contribution in [1.29, 1.82) is 0 Å². The molecule has 0 spiro atoms. The summed E-state index contributed by atoms with van der Waals surface area (Å²) in [4.78, 5) is 4.74. The van der Waals surface area contributed by atoms with Crippen LogP contribution >= 0.6 is 0 Å². The molecule has 0 unspecified atom stereocenters. The van der Waals surface area contributed by atoms with E-state index in [-0.39, 0.29) is 0 Å². The Hall–Kier alpha value is -4.96. The Bertz CT molecular complexity index is 1690. The predicted molar refractivity (Wildman–Crippen MR) is 205 cm³/mol. The first-order valence-corrected chi connectivity index (χ1v) is 17.5. The van der Waals surface area contributed by atoms with E-state index in [0.717, 1.165) is 39.3 Å². The maximum absolute atomic E-state index is 2.37. The van der Waals surface area contributed by atoms with E-state index < -0.39 is 0 Å². The van der Waals surface area contributed by atoms with Crippen LogP contribution in [0.25, 0.3) is 24.3 Å². The van der Waals surface area contributed by atoms with Crippen LogP contribution in [0, 0.1) is 13.8 Å². The van der Waals surface area contributed by atoms with Gasteiger partial charge in [-0.05, 0) is 94.1 Å². The summed E-state index contributed by atoms with van der Waals surface area (Å²) in [5, 5.41) is 0. The standard InChI is InChI=1S/C44H52N4/c1-7-47(8-2)43-22-16-37(17-23-43)14-20-41-26-28-45(31-35(41)5)33-39-12-11-13-40(30-39)34-46-29-27-42(36(6)32-46)21-15-38-18-24-44(25-19-38)48(9-3)10-4/h11-32H,7-10,33-34H2,1-6H3/q+2. The van der Waals surface area contributed by atoms with Gasteiger partial charge in [-0.1, -0.05) is 66.8 Å². The summed E-state index contributed by atoms with van der Waals surface area (Å²) in [5.74, 6) is 0. The lowest BCUT2D eigenvalue weighted by atomic mass is 10.1. The van der Waals surface area contributed by atoms with Gasteiger partial charge < -0.3 is 9.80 Å². The molecule has 4 heteroatoms. The molecule has 0 aliphatic heterocycles. The number of benzene rings is 3. The van der Waals surface area contributed by atoms with Crippen LogP contribution < -0.4 is 18.9 Å². The summed E-state index contributed by atoms with van der Waals surface area (Å²) < 4.78 is 4.56. The highest BCUT2D eigenvalue weighted by atomic mass is 15.1. The molecular weight excluding hydrogens is 585 g/mol. The molecule has 0 saturated carbocycles. The minimum atomic E-state index is 0.842. The van der Waals surface area contributed by atoms with Crippen LogP contribution in [0.4, 0.5) is 11.4 Å². The summed E-state index contributed by atoms with van der Waals surface area (Å²) in [6, 6.07) is 31.1. The molecule has 4 nitrogen and oxygen atoms in total. The van der Waals surface area contributed by atoms with Crippen molar-refractivity contribution in [2.24, 2.45) is 0 Å². The zero-order valence-corrected chi connectivity index (χ0v) is 29.7. The fourth-order valence-electron chi connectivity index (χ4n) is 6.31. The van der Waals surface area contributed by atoms with Gasteiger partial charge in [-0.15, -0.1) is 0 Å². The van der Waals surface area contributed by atoms with Crippen LogP contribution in [0.15, 0.2) is 110 Å². The van der Waals surface area contributed by atoms with Crippen LogP contribution in [-0.2, 0) is 13.1 Å². The van der Waals surface area contributed by atoms with Gasteiger partial charge in [0, 0.05) is 71.9 Å². The molecule has 5 aromatic rings. The van der Waals surface area contributed by atoms with Crippen molar-refractivity contribution in [3.05, 3.63) is 154 Å². The Labute approximate surface area is 288 Å². The molecular formula is C44H52N4+2. The lowest BCUT2D eigenvalue weighted by Gasteiger charge is -2.20. The topological polar surface area (TPSA) is 14.2 Å². The Balaban J connectivity index is 1.19. The van der Waals surface area contributed by atoms with Gasteiger partial charge in [0.2, 0.25) is 0 Å². The number of pyridine rings is 2. The Morgan fingerprint density at radius 3 is 1.25 bits per heavy atom. The maximum atomic E-state index is 2.37. The number of hydrogen-bond acceptors (Lipinski definition) is 2. The molecule has 0 bridgehead atoms. The number of hydrogen-bond donors (Lipinski definition) is 0. The molecule has 0 atom stereocenters. The molecule has 0 aliphatic carbocycles. The Kier molecular flexibility index (Phi) is 12.0. The monoisotopic (exact) mass is 636 g/mol. The largest absolute Gasteiger partial charge is 0.372 e. The average molecular weight is 637 g/mol. The maximum Gasteiger partial charge on any atom is 0.173 e. The third-order valence-electron chi connectivity index (χ3n) is 9.20. The normalized spacial score (nSPS) is 11.5. The fourth-order valence-corrected chi connectivity index (χ4v) is 6.31.